The maximum absolute atomic E-state index is 11.7. The van der Waals surface area contributed by atoms with Crippen molar-refractivity contribution in [3.63, 3.8) is 0 Å². The number of methoxy groups -OCH3 is 1. The molecule has 1 heterocycles. The average molecular weight is 370 g/mol. The second kappa shape index (κ2) is 8.78. The molecule has 0 saturated heterocycles. The Bertz CT molecular complexity index is 777. The van der Waals surface area contributed by atoms with Crippen molar-refractivity contribution in [3.8, 4) is 0 Å². The molecule has 0 amide bonds. The van der Waals surface area contributed by atoms with Gasteiger partial charge in [-0.25, -0.2) is 4.99 Å². The van der Waals surface area contributed by atoms with Crippen molar-refractivity contribution >= 4 is 45.9 Å². The Morgan fingerprint density at radius 2 is 1.76 bits per heavy atom. The van der Waals surface area contributed by atoms with Crippen LogP contribution in [-0.4, -0.2) is 22.7 Å². The normalized spacial score (nSPS) is 18.5. The Labute approximate surface area is 155 Å². The first kappa shape index (κ1) is 17.6. The van der Waals surface area contributed by atoms with Crippen molar-refractivity contribution < 1.29 is 9.53 Å². The van der Waals surface area contributed by atoms with E-state index >= 15 is 0 Å². The molecular weight excluding hydrogens is 352 g/mol. The predicted octanol–water partition coefficient (Wildman–Crippen LogP) is 5.04. The Hall–Kier alpha value is -2.18. The second-order valence-corrected chi connectivity index (χ2v) is 8.00. The van der Waals surface area contributed by atoms with Gasteiger partial charge in [0.15, 0.2) is 0 Å². The molecule has 3 rings (SSSR count). The maximum atomic E-state index is 11.7. The van der Waals surface area contributed by atoms with Crippen molar-refractivity contribution in [2.75, 3.05) is 12.4 Å². The van der Waals surface area contributed by atoms with Crippen LogP contribution < -0.4 is 5.32 Å². The molecule has 0 saturated carbocycles. The molecule has 2 aromatic carbocycles. The minimum absolute atomic E-state index is 0.0196. The van der Waals surface area contributed by atoms with Crippen molar-refractivity contribution in [2.24, 2.45) is 4.99 Å². The lowest BCUT2D eigenvalue weighted by Crippen LogP contribution is -2.16. The van der Waals surface area contributed by atoms with Crippen molar-refractivity contribution in [2.45, 2.75) is 11.0 Å². The zero-order valence-corrected chi connectivity index (χ0v) is 15.3. The Morgan fingerprint density at radius 3 is 2.44 bits per heavy atom. The summed E-state index contributed by atoms with van der Waals surface area (Å²) in [6.45, 7) is 0. The largest absolute Gasteiger partial charge is 0.469 e. The zero-order chi connectivity index (χ0) is 17.5. The number of esters is 1. The molecule has 0 bridgehead atoms. The summed E-state index contributed by atoms with van der Waals surface area (Å²) in [6, 6.07) is 19.8. The third-order valence-electron chi connectivity index (χ3n) is 3.36. The van der Waals surface area contributed by atoms with Gasteiger partial charge in [0.25, 0.3) is 0 Å². The van der Waals surface area contributed by atoms with Crippen molar-refractivity contribution in [3.05, 3.63) is 71.8 Å². The first-order chi connectivity index (χ1) is 12.2. The summed E-state index contributed by atoms with van der Waals surface area (Å²) in [6.07, 6.45) is 2.34. The van der Waals surface area contributed by atoms with Gasteiger partial charge in [0.1, 0.15) is 5.04 Å². The van der Waals surface area contributed by atoms with E-state index in [9.17, 15) is 4.79 Å². The van der Waals surface area contributed by atoms with Crippen LogP contribution in [0, 0.1) is 0 Å². The highest BCUT2D eigenvalue weighted by Gasteiger charge is 2.24. The Morgan fingerprint density at radius 1 is 1.08 bits per heavy atom. The lowest BCUT2D eigenvalue weighted by atomic mass is 10.3. The fourth-order valence-corrected chi connectivity index (χ4v) is 4.77. The molecule has 0 radical (unpaired) electrons. The quantitative estimate of drug-likeness (QED) is 0.747. The molecule has 2 aromatic rings. The Kier molecular flexibility index (Phi) is 6.19. The number of carbonyl (C=O) groups excluding carboxylic acids is 1. The lowest BCUT2D eigenvalue weighted by molar-refractivity contribution is -0.140. The second-order valence-electron chi connectivity index (χ2n) is 5.23. The standard InChI is InChI=1S/C19H18N2O2S2/c1-23-18(22)13-19-24-16(20-14-8-4-2-5-9-14)12-17(25-19)21-15-10-6-3-7-11-15/h2-12,19-20H,13H2,1H3. The van der Waals surface area contributed by atoms with E-state index in [0.717, 1.165) is 21.4 Å². The number of thioether (sulfide) groups is 2. The number of rotatable bonds is 5. The van der Waals surface area contributed by atoms with Crippen molar-refractivity contribution in [1.29, 1.82) is 0 Å². The molecule has 128 valence electrons. The van der Waals surface area contributed by atoms with Crippen LogP contribution in [0.1, 0.15) is 6.42 Å². The fraction of sp³-hybridized carbons (Fsp3) is 0.158. The van der Waals surface area contributed by atoms with E-state index in [1.54, 1.807) is 23.5 Å². The summed E-state index contributed by atoms with van der Waals surface area (Å²) in [5, 5.41) is 5.23. The van der Waals surface area contributed by atoms with Gasteiger partial charge in [-0.05, 0) is 24.3 Å². The van der Waals surface area contributed by atoms with Gasteiger partial charge in [-0.2, -0.15) is 0 Å². The number of anilines is 1. The minimum atomic E-state index is -0.218. The molecule has 1 atom stereocenters. The molecule has 25 heavy (non-hydrogen) atoms. The number of nitrogens with one attached hydrogen (secondary N) is 1. The van der Waals surface area contributed by atoms with Gasteiger partial charge in [-0.3, -0.25) is 4.79 Å². The van der Waals surface area contributed by atoms with Gasteiger partial charge in [0.2, 0.25) is 0 Å². The maximum Gasteiger partial charge on any atom is 0.307 e. The minimum Gasteiger partial charge on any atom is -0.469 e. The van der Waals surface area contributed by atoms with Gasteiger partial charge in [0.05, 0.1) is 28.8 Å². The third-order valence-corrected chi connectivity index (χ3v) is 5.72. The molecule has 6 heteroatoms. The van der Waals surface area contributed by atoms with E-state index in [-0.39, 0.29) is 10.6 Å². The summed E-state index contributed by atoms with van der Waals surface area (Å²) >= 11 is 3.20. The van der Waals surface area contributed by atoms with Gasteiger partial charge in [-0.1, -0.05) is 59.9 Å². The van der Waals surface area contributed by atoms with E-state index in [4.69, 9.17) is 9.73 Å². The molecule has 1 aliphatic rings. The van der Waals surface area contributed by atoms with E-state index in [1.165, 1.54) is 7.11 Å². The number of benzene rings is 2. The van der Waals surface area contributed by atoms with Gasteiger partial charge < -0.3 is 10.1 Å². The number of nitrogens with zero attached hydrogens (tertiary/aromatic N) is 1. The van der Waals surface area contributed by atoms with Crippen LogP contribution in [-0.2, 0) is 9.53 Å². The molecule has 1 N–H and O–H groups in total. The summed E-state index contributed by atoms with van der Waals surface area (Å²) in [4.78, 5) is 16.4. The van der Waals surface area contributed by atoms with E-state index in [0.29, 0.717) is 6.42 Å². The highest BCUT2D eigenvalue weighted by Crippen LogP contribution is 2.39. The van der Waals surface area contributed by atoms with Crippen LogP contribution in [0.4, 0.5) is 11.4 Å². The third kappa shape index (κ3) is 5.41. The number of aliphatic imine (C=N–C) groups is 1. The lowest BCUT2D eigenvalue weighted by Gasteiger charge is -2.23. The molecule has 1 aliphatic heterocycles. The van der Waals surface area contributed by atoms with Gasteiger partial charge in [0, 0.05) is 11.8 Å². The summed E-state index contributed by atoms with van der Waals surface area (Å²) in [7, 11) is 1.42. The molecule has 0 fully saturated rings. The van der Waals surface area contributed by atoms with Gasteiger partial charge >= 0.3 is 5.97 Å². The molecule has 0 spiro atoms. The van der Waals surface area contributed by atoms with Crippen LogP contribution in [0.2, 0.25) is 0 Å². The van der Waals surface area contributed by atoms with Crippen LogP contribution in [0.15, 0.2) is 76.8 Å². The highest BCUT2D eigenvalue weighted by atomic mass is 32.2. The zero-order valence-electron chi connectivity index (χ0n) is 13.7. The molecular formula is C19H18N2O2S2. The summed E-state index contributed by atoms with van der Waals surface area (Å²) in [5.41, 5.74) is 1.90. The van der Waals surface area contributed by atoms with E-state index < -0.39 is 0 Å². The number of hydrogen-bond acceptors (Lipinski definition) is 6. The monoisotopic (exact) mass is 370 g/mol. The van der Waals surface area contributed by atoms with E-state index in [1.807, 2.05) is 66.7 Å². The molecule has 1 unspecified atom stereocenters. The average Bonchev–Trinajstić information content (AvgIpc) is 2.63. The number of carbonyl (C=O) groups is 1. The number of hydrogen-bond donors (Lipinski definition) is 1. The van der Waals surface area contributed by atoms with Crippen molar-refractivity contribution in [1.82, 2.24) is 0 Å². The number of para-hydroxylation sites is 2. The molecule has 4 nitrogen and oxygen atoms in total. The fourth-order valence-electron chi connectivity index (χ4n) is 2.20. The Balaban J connectivity index is 1.83. The first-order valence-corrected chi connectivity index (χ1v) is 9.56. The highest BCUT2D eigenvalue weighted by molar-refractivity contribution is 8.27. The topological polar surface area (TPSA) is 50.7 Å². The van der Waals surface area contributed by atoms with Gasteiger partial charge in [-0.15, -0.1) is 0 Å². The first-order valence-electron chi connectivity index (χ1n) is 7.80. The van der Waals surface area contributed by atoms with Crippen LogP contribution >= 0.6 is 23.5 Å². The van der Waals surface area contributed by atoms with Crippen LogP contribution in [0.3, 0.4) is 0 Å². The summed E-state index contributed by atoms with van der Waals surface area (Å²) < 4.78 is 4.83. The predicted molar refractivity (Wildman–Crippen MR) is 107 cm³/mol. The smallest absolute Gasteiger partial charge is 0.307 e. The SMILES string of the molecule is COC(=O)CC1SC(Nc2ccccc2)=CC(=Nc2ccccc2)S1. The van der Waals surface area contributed by atoms with Crippen LogP contribution in [0.25, 0.3) is 0 Å². The number of ether oxygens (including phenoxy) is 1. The molecule has 0 aliphatic carbocycles. The molecule has 0 aromatic heterocycles. The van der Waals surface area contributed by atoms with E-state index in [2.05, 4.69) is 5.32 Å². The van der Waals surface area contributed by atoms with Crippen LogP contribution in [0.5, 0.6) is 0 Å². The summed E-state index contributed by atoms with van der Waals surface area (Å²) in [5.74, 6) is -0.218.